The van der Waals surface area contributed by atoms with E-state index in [-0.39, 0.29) is 11.1 Å². The van der Waals surface area contributed by atoms with Gasteiger partial charge < -0.3 is 4.43 Å². The molecule has 0 spiro atoms. The van der Waals surface area contributed by atoms with Gasteiger partial charge in [0.1, 0.15) is 0 Å². The number of benzene rings is 1. The Labute approximate surface area is 126 Å². The van der Waals surface area contributed by atoms with Gasteiger partial charge in [0.05, 0.1) is 6.10 Å². The monoisotopic (exact) mass is 290 g/mol. The zero-order chi connectivity index (χ0) is 15.4. The molecular weight excluding hydrogens is 260 g/mol. The van der Waals surface area contributed by atoms with Crippen LogP contribution in [0.4, 0.5) is 0 Å². The number of aryl methyl sites for hydroxylation is 1. The molecule has 0 heterocycles. The third kappa shape index (κ3) is 4.91. The molecule has 0 saturated carbocycles. The van der Waals surface area contributed by atoms with E-state index in [2.05, 4.69) is 77.7 Å². The van der Waals surface area contributed by atoms with Gasteiger partial charge in [-0.25, -0.2) is 0 Å². The zero-order valence-electron chi connectivity index (χ0n) is 14.0. The molecule has 1 nitrogen and oxygen atoms in total. The van der Waals surface area contributed by atoms with Gasteiger partial charge in [0, 0.05) is 0 Å². The molecule has 0 N–H and O–H groups in total. The second-order valence-corrected chi connectivity index (χ2v) is 11.9. The molecule has 1 rings (SSSR count). The number of rotatable bonds is 6. The summed E-state index contributed by atoms with van der Waals surface area (Å²) in [5.41, 5.74) is 2.58. The van der Waals surface area contributed by atoms with E-state index in [1.807, 2.05) is 0 Å². The Morgan fingerprint density at radius 1 is 1.20 bits per heavy atom. The first-order chi connectivity index (χ1) is 9.13. The molecule has 112 valence electrons. The fourth-order valence-electron chi connectivity index (χ4n) is 1.85. The Morgan fingerprint density at radius 3 is 2.25 bits per heavy atom. The van der Waals surface area contributed by atoms with Crippen LogP contribution in [0.25, 0.3) is 0 Å². The van der Waals surface area contributed by atoms with Crippen LogP contribution in [0.2, 0.25) is 18.1 Å². The highest BCUT2D eigenvalue weighted by Gasteiger charge is 2.38. The lowest BCUT2D eigenvalue weighted by Gasteiger charge is -2.39. The Hall–Kier alpha value is -0.863. The summed E-state index contributed by atoms with van der Waals surface area (Å²) in [6.45, 7) is 17.8. The summed E-state index contributed by atoms with van der Waals surface area (Å²) in [6.07, 6.45) is 2.20. The van der Waals surface area contributed by atoms with E-state index in [4.69, 9.17) is 4.43 Å². The molecule has 0 saturated heterocycles. The van der Waals surface area contributed by atoms with Crippen LogP contribution in [0.5, 0.6) is 0 Å². The van der Waals surface area contributed by atoms with E-state index in [9.17, 15) is 0 Å². The van der Waals surface area contributed by atoms with Gasteiger partial charge in [-0.05, 0) is 49.0 Å². The van der Waals surface area contributed by atoms with Gasteiger partial charge in [0.2, 0.25) is 0 Å². The van der Waals surface area contributed by atoms with Gasteiger partial charge in [-0.2, -0.15) is 0 Å². The molecule has 0 amide bonds. The Bertz CT molecular complexity index is 428. The second kappa shape index (κ2) is 6.73. The second-order valence-electron chi connectivity index (χ2n) is 7.16. The fraction of sp³-hybridized carbons (Fsp3) is 0.556. The van der Waals surface area contributed by atoms with E-state index in [0.29, 0.717) is 0 Å². The van der Waals surface area contributed by atoms with Crippen LogP contribution in [0.1, 0.15) is 39.7 Å². The summed E-state index contributed by atoms with van der Waals surface area (Å²) >= 11 is 0. The number of hydrogen-bond donors (Lipinski definition) is 0. The SMILES string of the molecule is C=C(CCc1ccccc1)[C@H](C)O[Si](C)(C)C(C)(C)C. The minimum atomic E-state index is -1.70. The van der Waals surface area contributed by atoms with Gasteiger partial charge in [-0.3, -0.25) is 0 Å². The van der Waals surface area contributed by atoms with E-state index < -0.39 is 8.32 Å². The maximum atomic E-state index is 6.39. The minimum Gasteiger partial charge on any atom is -0.411 e. The normalized spacial score (nSPS) is 14.1. The van der Waals surface area contributed by atoms with Crippen molar-refractivity contribution >= 4 is 8.32 Å². The molecule has 1 aromatic carbocycles. The summed E-state index contributed by atoms with van der Waals surface area (Å²) in [7, 11) is -1.70. The first-order valence-electron chi connectivity index (χ1n) is 7.53. The van der Waals surface area contributed by atoms with Crippen molar-refractivity contribution in [2.24, 2.45) is 0 Å². The zero-order valence-corrected chi connectivity index (χ0v) is 15.0. The molecule has 2 heteroatoms. The topological polar surface area (TPSA) is 9.23 Å². The van der Waals surface area contributed by atoms with Crippen LogP contribution in [0.3, 0.4) is 0 Å². The van der Waals surface area contributed by atoms with Gasteiger partial charge in [0.25, 0.3) is 0 Å². The van der Waals surface area contributed by atoms with Crippen molar-refractivity contribution in [1.29, 1.82) is 0 Å². The average molecular weight is 291 g/mol. The van der Waals surface area contributed by atoms with E-state index in [1.165, 1.54) is 11.1 Å². The highest BCUT2D eigenvalue weighted by atomic mass is 28.4. The quantitative estimate of drug-likeness (QED) is 0.490. The summed E-state index contributed by atoms with van der Waals surface area (Å²) in [5.74, 6) is 0. The van der Waals surface area contributed by atoms with E-state index >= 15 is 0 Å². The van der Waals surface area contributed by atoms with Crippen LogP contribution >= 0.6 is 0 Å². The molecule has 0 bridgehead atoms. The molecule has 0 radical (unpaired) electrons. The van der Waals surface area contributed by atoms with Crippen molar-refractivity contribution in [1.82, 2.24) is 0 Å². The molecule has 1 aromatic rings. The van der Waals surface area contributed by atoms with Gasteiger partial charge in [-0.1, -0.05) is 57.7 Å². The molecule has 1 atom stereocenters. The van der Waals surface area contributed by atoms with Crippen molar-refractivity contribution in [3.63, 3.8) is 0 Å². The molecule has 0 fully saturated rings. The molecule has 0 aliphatic rings. The van der Waals surface area contributed by atoms with Crippen molar-refractivity contribution in [3.05, 3.63) is 48.0 Å². The Morgan fingerprint density at radius 2 is 1.75 bits per heavy atom. The molecule has 0 aromatic heterocycles. The van der Waals surface area contributed by atoms with Crippen LogP contribution in [-0.2, 0) is 10.8 Å². The Balaban J connectivity index is 2.52. The largest absolute Gasteiger partial charge is 0.411 e. The Kier molecular flexibility index (Phi) is 5.78. The van der Waals surface area contributed by atoms with Gasteiger partial charge >= 0.3 is 0 Å². The van der Waals surface area contributed by atoms with Crippen LogP contribution in [0, 0.1) is 0 Å². The van der Waals surface area contributed by atoms with Crippen molar-refractivity contribution in [2.45, 2.75) is 64.8 Å². The lowest BCUT2D eigenvalue weighted by atomic mass is 10.0. The standard InChI is InChI=1S/C18H30OSi/c1-15(13-14-17-11-9-8-10-12-17)16(2)19-20(6,7)18(3,4)5/h8-12,16H,1,13-14H2,2-7H3/t16-/m0/s1. The van der Waals surface area contributed by atoms with Crippen LogP contribution in [0.15, 0.2) is 42.5 Å². The summed E-state index contributed by atoms with van der Waals surface area (Å²) < 4.78 is 6.39. The third-order valence-corrected chi connectivity index (χ3v) is 8.99. The number of hydrogen-bond acceptors (Lipinski definition) is 1. The fourth-order valence-corrected chi connectivity index (χ4v) is 3.26. The maximum absolute atomic E-state index is 6.39. The molecule has 0 unspecified atom stereocenters. The lowest BCUT2D eigenvalue weighted by Crippen LogP contribution is -2.43. The molecule has 20 heavy (non-hydrogen) atoms. The summed E-state index contributed by atoms with van der Waals surface area (Å²) in [5, 5.41) is 0.251. The molecular formula is C18H30OSi. The average Bonchev–Trinajstić information content (AvgIpc) is 2.35. The minimum absolute atomic E-state index is 0.152. The summed E-state index contributed by atoms with van der Waals surface area (Å²) in [6, 6.07) is 10.6. The van der Waals surface area contributed by atoms with E-state index in [0.717, 1.165) is 12.8 Å². The van der Waals surface area contributed by atoms with Gasteiger partial charge in [-0.15, -0.1) is 0 Å². The van der Waals surface area contributed by atoms with Crippen LogP contribution < -0.4 is 0 Å². The molecule has 0 aliphatic carbocycles. The van der Waals surface area contributed by atoms with Crippen LogP contribution in [-0.4, -0.2) is 14.4 Å². The highest BCUT2D eigenvalue weighted by Crippen LogP contribution is 2.38. The highest BCUT2D eigenvalue weighted by molar-refractivity contribution is 6.74. The van der Waals surface area contributed by atoms with E-state index in [1.54, 1.807) is 0 Å². The van der Waals surface area contributed by atoms with Crippen molar-refractivity contribution < 1.29 is 4.43 Å². The third-order valence-electron chi connectivity index (χ3n) is 4.43. The summed E-state index contributed by atoms with van der Waals surface area (Å²) in [4.78, 5) is 0. The lowest BCUT2D eigenvalue weighted by molar-refractivity contribution is 0.228. The predicted octanol–water partition coefficient (Wildman–Crippen LogP) is 5.59. The van der Waals surface area contributed by atoms with Crippen molar-refractivity contribution in [3.8, 4) is 0 Å². The molecule has 0 aliphatic heterocycles. The van der Waals surface area contributed by atoms with Gasteiger partial charge in [0.15, 0.2) is 8.32 Å². The first kappa shape index (κ1) is 17.2. The first-order valence-corrected chi connectivity index (χ1v) is 10.4. The predicted molar refractivity (Wildman–Crippen MR) is 91.6 cm³/mol. The smallest absolute Gasteiger partial charge is 0.192 e. The van der Waals surface area contributed by atoms with Crippen molar-refractivity contribution in [2.75, 3.05) is 0 Å². The maximum Gasteiger partial charge on any atom is 0.192 e.